The second-order valence-corrected chi connectivity index (χ2v) is 3.54. The number of rotatable bonds is 3. The molecule has 0 saturated carbocycles. The molecule has 1 atom stereocenters. The fourth-order valence-electron chi connectivity index (χ4n) is 1.17. The lowest BCUT2D eigenvalue weighted by atomic mass is 10.2. The van der Waals surface area contributed by atoms with Gasteiger partial charge in [0.15, 0.2) is 0 Å². The molecule has 0 radical (unpaired) electrons. The molecule has 13 heavy (non-hydrogen) atoms. The fourth-order valence-corrected chi connectivity index (χ4v) is 1.17. The molecule has 0 bridgehead atoms. The van der Waals surface area contributed by atoms with Crippen LogP contribution < -0.4 is 11.3 Å². The molecule has 1 rings (SSSR count). The number of nitrogens with zero attached hydrogens (tertiary/aromatic N) is 1. The van der Waals surface area contributed by atoms with Crippen molar-refractivity contribution in [3.63, 3.8) is 0 Å². The van der Waals surface area contributed by atoms with Gasteiger partial charge in [0.2, 0.25) is 0 Å². The number of pyridine rings is 1. The maximum absolute atomic E-state index is 11.4. The summed E-state index contributed by atoms with van der Waals surface area (Å²) in [5, 5.41) is 0. The first kappa shape index (κ1) is 9.99. The molecule has 0 aliphatic heterocycles. The Bertz CT molecular complexity index is 330. The standard InChI is InChI=1S/C10H16N2O/c1-8-3-4-12(10(13)5-8)7-9(2)6-11/h3-5,9H,6-7,11H2,1-2H3. The maximum atomic E-state index is 11.4. The van der Waals surface area contributed by atoms with Crippen LogP contribution >= 0.6 is 0 Å². The van der Waals surface area contributed by atoms with Crippen LogP contribution in [0.5, 0.6) is 0 Å². The maximum Gasteiger partial charge on any atom is 0.250 e. The van der Waals surface area contributed by atoms with Gasteiger partial charge < -0.3 is 10.3 Å². The molecule has 1 unspecified atom stereocenters. The number of aromatic nitrogens is 1. The number of aryl methyl sites for hydroxylation is 1. The lowest BCUT2D eigenvalue weighted by Crippen LogP contribution is -2.25. The molecular formula is C10H16N2O. The smallest absolute Gasteiger partial charge is 0.250 e. The number of hydrogen-bond donors (Lipinski definition) is 1. The summed E-state index contributed by atoms with van der Waals surface area (Å²) in [4.78, 5) is 11.4. The summed E-state index contributed by atoms with van der Waals surface area (Å²) >= 11 is 0. The van der Waals surface area contributed by atoms with Gasteiger partial charge in [0, 0.05) is 18.8 Å². The van der Waals surface area contributed by atoms with Gasteiger partial charge >= 0.3 is 0 Å². The Hall–Kier alpha value is -1.09. The minimum Gasteiger partial charge on any atom is -0.330 e. The van der Waals surface area contributed by atoms with Crippen molar-refractivity contribution in [3.05, 3.63) is 34.2 Å². The quantitative estimate of drug-likeness (QED) is 0.746. The van der Waals surface area contributed by atoms with E-state index in [9.17, 15) is 4.79 Å². The minimum atomic E-state index is 0.0558. The first-order valence-corrected chi connectivity index (χ1v) is 4.50. The monoisotopic (exact) mass is 180 g/mol. The molecule has 0 aliphatic carbocycles. The Balaban J connectivity index is 2.84. The Kier molecular flexibility index (Phi) is 3.25. The van der Waals surface area contributed by atoms with Crippen molar-refractivity contribution in [2.75, 3.05) is 6.54 Å². The SMILES string of the molecule is Cc1ccn(CC(C)CN)c(=O)c1. The van der Waals surface area contributed by atoms with Crippen molar-refractivity contribution in [1.82, 2.24) is 4.57 Å². The zero-order chi connectivity index (χ0) is 9.84. The minimum absolute atomic E-state index is 0.0558. The third-order valence-electron chi connectivity index (χ3n) is 2.06. The van der Waals surface area contributed by atoms with E-state index in [-0.39, 0.29) is 5.56 Å². The van der Waals surface area contributed by atoms with Crippen LogP contribution in [-0.4, -0.2) is 11.1 Å². The third kappa shape index (κ3) is 2.70. The van der Waals surface area contributed by atoms with Gasteiger partial charge in [-0.2, -0.15) is 0 Å². The Morgan fingerprint density at radius 2 is 2.31 bits per heavy atom. The van der Waals surface area contributed by atoms with Gasteiger partial charge in [0.05, 0.1) is 0 Å². The Morgan fingerprint density at radius 3 is 2.85 bits per heavy atom. The van der Waals surface area contributed by atoms with Gasteiger partial charge in [-0.3, -0.25) is 4.79 Å². The second kappa shape index (κ2) is 4.23. The Labute approximate surface area is 78.2 Å². The molecule has 2 N–H and O–H groups in total. The van der Waals surface area contributed by atoms with Crippen LogP contribution in [0.15, 0.2) is 23.1 Å². The van der Waals surface area contributed by atoms with Gasteiger partial charge in [0.25, 0.3) is 5.56 Å². The van der Waals surface area contributed by atoms with Crippen LogP contribution in [0.4, 0.5) is 0 Å². The molecule has 1 aromatic heterocycles. The summed E-state index contributed by atoms with van der Waals surface area (Å²) in [6, 6.07) is 3.58. The molecule has 0 spiro atoms. The van der Waals surface area contributed by atoms with E-state index >= 15 is 0 Å². The van der Waals surface area contributed by atoms with Crippen LogP contribution in [0.25, 0.3) is 0 Å². The first-order chi connectivity index (χ1) is 6.13. The summed E-state index contributed by atoms with van der Waals surface area (Å²) in [6.07, 6.45) is 1.82. The molecule has 0 saturated heterocycles. The van der Waals surface area contributed by atoms with Gasteiger partial charge in [-0.15, -0.1) is 0 Å². The predicted molar refractivity (Wildman–Crippen MR) is 53.7 cm³/mol. The fraction of sp³-hybridized carbons (Fsp3) is 0.500. The highest BCUT2D eigenvalue weighted by molar-refractivity contribution is 5.07. The van der Waals surface area contributed by atoms with Crippen LogP contribution in [0.2, 0.25) is 0 Å². The third-order valence-corrected chi connectivity index (χ3v) is 2.06. The zero-order valence-corrected chi connectivity index (χ0v) is 8.16. The lowest BCUT2D eigenvalue weighted by molar-refractivity contribution is 0.481. The largest absolute Gasteiger partial charge is 0.330 e. The first-order valence-electron chi connectivity index (χ1n) is 4.50. The predicted octanol–water partition coefficient (Wildman–Crippen LogP) is 0.752. The summed E-state index contributed by atoms with van der Waals surface area (Å²) in [5.41, 5.74) is 6.54. The Morgan fingerprint density at radius 1 is 1.62 bits per heavy atom. The molecule has 0 fully saturated rings. The summed E-state index contributed by atoms with van der Waals surface area (Å²) in [5.74, 6) is 0.348. The topological polar surface area (TPSA) is 48.0 Å². The molecule has 0 amide bonds. The highest BCUT2D eigenvalue weighted by Gasteiger charge is 2.01. The highest BCUT2D eigenvalue weighted by Crippen LogP contribution is 1.97. The number of hydrogen-bond acceptors (Lipinski definition) is 2. The van der Waals surface area contributed by atoms with Crippen molar-refractivity contribution in [2.24, 2.45) is 11.7 Å². The number of nitrogens with two attached hydrogens (primary N) is 1. The highest BCUT2D eigenvalue weighted by atomic mass is 16.1. The summed E-state index contributed by atoms with van der Waals surface area (Å²) < 4.78 is 1.70. The average Bonchev–Trinajstić information content (AvgIpc) is 2.09. The van der Waals surface area contributed by atoms with Crippen molar-refractivity contribution in [2.45, 2.75) is 20.4 Å². The van der Waals surface area contributed by atoms with Crippen LogP contribution in [0.1, 0.15) is 12.5 Å². The molecule has 72 valence electrons. The van der Waals surface area contributed by atoms with Crippen LogP contribution in [0.3, 0.4) is 0 Å². The van der Waals surface area contributed by atoms with E-state index in [1.165, 1.54) is 0 Å². The van der Waals surface area contributed by atoms with E-state index < -0.39 is 0 Å². The lowest BCUT2D eigenvalue weighted by Gasteiger charge is -2.10. The van der Waals surface area contributed by atoms with Gasteiger partial charge in [0.1, 0.15) is 0 Å². The van der Waals surface area contributed by atoms with E-state index in [1.807, 2.05) is 26.1 Å². The zero-order valence-electron chi connectivity index (χ0n) is 8.16. The second-order valence-electron chi connectivity index (χ2n) is 3.54. The summed E-state index contributed by atoms with van der Waals surface area (Å²) in [6.45, 7) is 5.26. The summed E-state index contributed by atoms with van der Waals surface area (Å²) in [7, 11) is 0. The van der Waals surface area contributed by atoms with Crippen molar-refractivity contribution < 1.29 is 0 Å². The van der Waals surface area contributed by atoms with Gasteiger partial charge in [-0.1, -0.05) is 6.92 Å². The molecule has 3 nitrogen and oxygen atoms in total. The van der Waals surface area contributed by atoms with Gasteiger partial charge in [-0.05, 0) is 31.0 Å². The molecule has 1 aromatic rings. The van der Waals surface area contributed by atoms with Crippen molar-refractivity contribution in [3.8, 4) is 0 Å². The van der Waals surface area contributed by atoms with E-state index in [4.69, 9.17) is 5.73 Å². The van der Waals surface area contributed by atoms with E-state index in [0.29, 0.717) is 19.0 Å². The molecule has 0 aliphatic rings. The van der Waals surface area contributed by atoms with Crippen molar-refractivity contribution in [1.29, 1.82) is 0 Å². The van der Waals surface area contributed by atoms with E-state index in [1.54, 1.807) is 10.6 Å². The van der Waals surface area contributed by atoms with E-state index in [0.717, 1.165) is 5.56 Å². The van der Waals surface area contributed by atoms with Gasteiger partial charge in [-0.25, -0.2) is 0 Å². The van der Waals surface area contributed by atoms with E-state index in [2.05, 4.69) is 0 Å². The molecular weight excluding hydrogens is 164 g/mol. The van der Waals surface area contributed by atoms with Crippen LogP contribution in [0, 0.1) is 12.8 Å². The molecule has 1 heterocycles. The van der Waals surface area contributed by atoms with Crippen LogP contribution in [-0.2, 0) is 6.54 Å². The molecule has 0 aromatic carbocycles. The average molecular weight is 180 g/mol. The normalized spacial score (nSPS) is 12.8. The van der Waals surface area contributed by atoms with Crippen molar-refractivity contribution >= 4 is 0 Å². The molecule has 3 heteroatoms.